The molecule has 5 nitrogen and oxygen atoms in total. The van der Waals surface area contributed by atoms with Crippen molar-refractivity contribution in [3.05, 3.63) is 25.7 Å². The summed E-state index contributed by atoms with van der Waals surface area (Å²) in [5, 5.41) is 14.6. The molecule has 0 atom stereocenters. The summed E-state index contributed by atoms with van der Waals surface area (Å²) >= 11 is 2.70. The van der Waals surface area contributed by atoms with E-state index in [0.29, 0.717) is 6.54 Å². The van der Waals surface area contributed by atoms with Gasteiger partial charge in [0.1, 0.15) is 5.01 Å². The first-order valence-electron chi connectivity index (χ1n) is 4.92. The van der Waals surface area contributed by atoms with Gasteiger partial charge in [0.05, 0.1) is 6.54 Å². The van der Waals surface area contributed by atoms with Gasteiger partial charge in [-0.25, -0.2) is 0 Å². The Morgan fingerprint density at radius 2 is 2.31 bits per heavy atom. The van der Waals surface area contributed by atoms with Crippen molar-refractivity contribution in [1.29, 1.82) is 0 Å². The van der Waals surface area contributed by atoms with Crippen molar-refractivity contribution in [1.82, 2.24) is 14.8 Å². The minimum absolute atomic E-state index is 0.0534. The highest BCUT2D eigenvalue weighted by Gasteiger charge is 2.07. The minimum atomic E-state index is 0.0534. The standard InChI is InChI=1S/C9H12N4OS2/c1-3-10-8-12-11-7(16-8)4-13-6(2)5-15-9(13)14/h5H,3-4H2,1-2H3,(H,10,12). The normalized spacial score (nSPS) is 10.6. The summed E-state index contributed by atoms with van der Waals surface area (Å²) in [6, 6.07) is 0. The first-order chi connectivity index (χ1) is 7.70. The van der Waals surface area contributed by atoms with E-state index in [1.807, 2.05) is 19.2 Å². The van der Waals surface area contributed by atoms with Gasteiger partial charge in [0, 0.05) is 17.6 Å². The molecule has 2 rings (SSSR count). The largest absolute Gasteiger partial charge is 0.360 e. The Kier molecular flexibility index (Phi) is 3.35. The predicted octanol–water partition coefficient (Wildman–Crippen LogP) is 1.55. The van der Waals surface area contributed by atoms with Gasteiger partial charge < -0.3 is 5.32 Å². The first-order valence-corrected chi connectivity index (χ1v) is 6.61. The lowest BCUT2D eigenvalue weighted by Gasteiger charge is -1.99. The summed E-state index contributed by atoms with van der Waals surface area (Å²) in [6.07, 6.45) is 0. The second kappa shape index (κ2) is 4.75. The molecule has 0 bridgehead atoms. The summed E-state index contributed by atoms with van der Waals surface area (Å²) in [4.78, 5) is 11.6. The molecule has 0 radical (unpaired) electrons. The minimum Gasteiger partial charge on any atom is -0.360 e. The van der Waals surface area contributed by atoms with E-state index in [-0.39, 0.29) is 4.87 Å². The van der Waals surface area contributed by atoms with Crippen LogP contribution in [0.15, 0.2) is 10.2 Å². The summed E-state index contributed by atoms with van der Waals surface area (Å²) in [6.45, 7) is 5.27. The van der Waals surface area contributed by atoms with E-state index in [9.17, 15) is 4.79 Å². The van der Waals surface area contributed by atoms with Crippen LogP contribution in [0.25, 0.3) is 0 Å². The van der Waals surface area contributed by atoms with Gasteiger partial charge in [0.15, 0.2) is 0 Å². The van der Waals surface area contributed by atoms with Crippen LogP contribution >= 0.6 is 22.7 Å². The summed E-state index contributed by atoms with van der Waals surface area (Å²) < 4.78 is 1.71. The smallest absolute Gasteiger partial charge is 0.307 e. The maximum Gasteiger partial charge on any atom is 0.307 e. The van der Waals surface area contributed by atoms with E-state index in [4.69, 9.17) is 0 Å². The van der Waals surface area contributed by atoms with E-state index in [2.05, 4.69) is 15.5 Å². The summed E-state index contributed by atoms with van der Waals surface area (Å²) in [5.41, 5.74) is 0.968. The monoisotopic (exact) mass is 256 g/mol. The highest BCUT2D eigenvalue weighted by atomic mass is 32.1. The Morgan fingerprint density at radius 3 is 2.94 bits per heavy atom. The molecule has 0 aromatic carbocycles. The number of aromatic nitrogens is 3. The van der Waals surface area contributed by atoms with Gasteiger partial charge in [0.25, 0.3) is 0 Å². The predicted molar refractivity (Wildman–Crippen MR) is 66.5 cm³/mol. The molecule has 0 aliphatic heterocycles. The van der Waals surface area contributed by atoms with Crippen LogP contribution in [0.2, 0.25) is 0 Å². The van der Waals surface area contributed by atoms with Crippen molar-refractivity contribution in [3.63, 3.8) is 0 Å². The van der Waals surface area contributed by atoms with Crippen molar-refractivity contribution in [2.75, 3.05) is 11.9 Å². The van der Waals surface area contributed by atoms with Crippen LogP contribution in [0.1, 0.15) is 17.6 Å². The molecule has 0 saturated heterocycles. The molecule has 0 amide bonds. The number of nitrogens with one attached hydrogen (secondary N) is 1. The second-order valence-corrected chi connectivity index (χ2v) is 5.14. The Hall–Kier alpha value is -1.21. The van der Waals surface area contributed by atoms with Crippen molar-refractivity contribution in [2.24, 2.45) is 0 Å². The molecule has 0 unspecified atom stereocenters. The van der Waals surface area contributed by atoms with Crippen molar-refractivity contribution < 1.29 is 0 Å². The molecule has 0 spiro atoms. The number of hydrogen-bond acceptors (Lipinski definition) is 6. The van der Waals surface area contributed by atoms with E-state index >= 15 is 0 Å². The number of aryl methyl sites for hydroxylation is 1. The van der Waals surface area contributed by atoms with Gasteiger partial charge >= 0.3 is 4.87 Å². The van der Waals surface area contributed by atoms with Gasteiger partial charge in [-0.3, -0.25) is 9.36 Å². The van der Waals surface area contributed by atoms with Gasteiger partial charge in [0.2, 0.25) is 5.13 Å². The van der Waals surface area contributed by atoms with Crippen LogP contribution in [-0.2, 0) is 6.54 Å². The maximum absolute atomic E-state index is 11.5. The van der Waals surface area contributed by atoms with Gasteiger partial charge in [-0.1, -0.05) is 22.7 Å². The topological polar surface area (TPSA) is 59.8 Å². The molecular weight excluding hydrogens is 244 g/mol. The summed E-state index contributed by atoms with van der Waals surface area (Å²) in [5.74, 6) is 0. The van der Waals surface area contributed by atoms with Crippen LogP contribution in [0.4, 0.5) is 5.13 Å². The highest BCUT2D eigenvalue weighted by Crippen LogP contribution is 2.16. The molecule has 0 aliphatic rings. The average molecular weight is 256 g/mol. The zero-order valence-electron chi connectivity index (χ0n) is 9.06. The summed E-state index contributed by atoms with van der Waals surface area (Å²) in [7, 11) is 0. The molecule has 0 saturated carbocycles. The van der Waals surface area contributed by atoms with Crippen molar-refractivity contribution in [2.45, 2.75) is 20.4 Å². The number of anilines is 1. The SMILES string of the molecule is CCNc1nnc(Cn2c(C)csc2=O)s1. The number of rotatable bonds is 4. The molecule has 86 valence electrons. The van der Waals surface area contributed by atoms with E-state index < -0.39 is 0 Å². The van der Waals surface area contributed by atoms with Crippen molar-refractivity contribution >= 4 is 27.8 Å². The third-order valence-corrected chi connectivity index (χ3v) is 3.81. The lowest BCUT2D eigenvalue weighted by Crippen LogP contribution is -2.15. The molecule has 16 heavy (non-hydrogen) atoms. The number of hydrogen-bond donors (Lipinski definition) is 1. The van der Waals surface area contributed by atoms with Gasteiger partial charge in [-0.05, 0) is 13.8 Å². The molecule has 2 heterocycles. The molecule has 1 N–H and O–H groups in total. The molecular formula is C9H12N4OS2. The maximum atomic E-state index is 11.5. The van der Waals surface area contributed by atoms with Gasteiger partial charge in [-0.15, -0.1) is 10.2 Å². The molecule has 7 heteroatoms. The quantitative estimate of drug-likeness (QED) is 0.901. The fourth-order valence-electron chi connectivity index (χ4n) is 1.27. The number of nitrogens with zero attached hydrogens (tertiary/aromatic N) is 3. The molecule has 0 fully saturated rings. The Morgan fingerprint density at radius 1 is 1.50 bits per heavy atom. The average Bonchev–Trinajstić information content (AvgIpc) is 2.81. The second-order valence-electron chi connectivity index (χ2n) is 3.26. The zero-order valence-corrected chi connectivity index (χ0v) is 10.7. The van der Waals surface area contributed by atoms with Crippen LogP contribution in [-0.4, -0.2) is 21.3 Å². The molecule has 0 aliphatic carbocycles. The fraction of sp³-hybridized carbons (Fsp3) is 0.444. The van der Waals surface area contributed by atoms with Crippen LogP contribution in [0, 0.1) is 6.92 Å². The van der Waals surface area contributed by atoms with Gasteiger partial charge in [-0.2, -0.15) is 0 Å². The Balaban J connectivity index is 2.17. The van der Waals surface area contributed by atoms with Crippen molar-refractivity contribution in [3.8, 4) is 0 Å². The van der Waals surface area contributed by atoms with Crippen LogP contribution in [0.5, 0.6) is 0 Å². The van der Waals surface area contributed by atoms with E-state index in [1.54, 1.807) is 4.57 Å². The first kappa shape index (κ1) is 11.3. The molecule has 2 aromatic rings. The third kappa shape index (κ3) is 2.30. The van der Waals surface area contributed by atoms with E-state index in [0.717, 1.165) is 22.4 Å². The Labute approximate surface area is 101 Å². The fourth-order valence-corrected chi connectivity index (χ4v) is 2.80. The lowest BCUT2D eigenvalue weighted by atomic mass is 10.5. The molecule has 2 aromatic heterocycles. The van der Waals surface area contributed by atoms with Crippen LogP contribution < -0.4 is 10.2 Å². The highest BCUT2D eigenvalue weighted by molar-refractivity contribution is 7.15. The number of thiazole rings is 1. The third-order valence-electron chi connectivity index (χ3n) is 2.06. The van der Waals surface area contributed by atoms with E-state index in [1.165, 1.54) is 22.7 Å². The lowest BCUT2D eigenvalue weighted by molar-refractivity contribution is 0.740. The zero-order chi connectivity index (χ0) is 11.5. The van der Waals surface area contributed by atoms with Crippen LogP contribution in [0.3, 0.4) is 0 Å². The Bertz CT molecular complexity index is 528.